The highest BCUT2D eigenvalue weighted by atomic mass is 35.5. The van der Waals surface area contributed by atoms with Crippen molar-refractivity contribution in [1.82, 2.24) is 25.2 Å². The van der Waals surface area contributed by atoms with E-state index >= 15 is 0 Å². The third kappa shape index (κ3) is 8.08. The van der Waals surface area contributed by atoms with Gasteiger partial charge in [-0.1, -0.05) is 25.4 Å². The van der Waals surface area contributed by atoms with E-state index in [0.29, 0.717) is 29.8 Å². The number of aromatic nitrogens is 3. The predicted octanol–water partition coefficient (Wildman–Crippen LogP) is 5.88. The molecule has 2 aromatic heterocycles. The second-order valence-electron chi connectivity index (χ2n) is 9.72. The monoisotopic (exact) mass is 581 g/mol. The molecule has 40 heavy (non-hydrogen) atoms. The van der Waals surface area contributed by atoms with Gasteiger partial charge in [-0.05, 0) is 71.1 Å². The minimum Gasteiger partial charge on any atom is -0.461 e. The van der Waals surface area contributed by atoms with Crippen LogP contribution in [0.15, 0.2) is 24.3 Å². The summed E-state index contributed by atoms with van der Waals surface area (Å²) in [6, 6.07) is 5.21. The molecule has 3 N–H and O–H groups in total. The molecule has 2 fully saturated rings. The fraction of sp³-hybridized carbons (Fsp3) is 0.536. The van der Waals surface area contributed by atoms with Crippen LogP contribution >= 0.6 is 11.6 Å². The fourth-order valence-electron chi connectivity index (χ4n) is 4.46. The van der Waals surface area contributed by atoms with Gasteiger partial charge >= 0.3 is 12.2 Å². The Morgan fingerprint density at radius 2 is 1.65 bits per heavy atom. The molecule has 4 heterocycles. The number of halogens is 4. The van der Waals surface area contributed by atoms with Gasteiger partial charge in [0.15, 0.2) is 0 Å². The maximum absolute atomic E-state index is 13.6. The maximum Gasteiger partial charge on any atom is 0.418 e. The number of anilines is 2. The van der Waals surface area contributed by atoms with Gasteiger partial charge in [-0.2, -0.15) is 23.1 Å². The maximum atomic E-state index is 13.6. The molecule has 0 spiro atoms. The summed E-state index contributed by atoms with van der Waals surface area (Å²) < 4.78 is 46.6. The van der Waals surface area contributed by atoms with Crippen molar-refractivity contribution in [2.75, 3.05) is 56.9 Å². The summed E-state index contributed by atoms with van der Waals surface area (Å²) in [5, 5.41) is 3.99. The van der Waals surface area contributed by atoms with Crippen LogP contribution in [0.5, 0.6) is 6.01 Å². The van der Waals surface area contributed by atoms with Gasteiger partial charge < -0.3 is 25.6 Å². The summed E-state index contributed by atoms with van der Waals surface area (Å²) >= 11 is 6.48. The number of nitrogens with zero attached hydrogens (tertiary/aromatic N) is 5. The van der Waals surface area contributed by atoms with Gasteiger partial charge in [-0.3, -0.25) is 0 Å². The zero-order chi connectivity index (χ0) is 29.4. The van der Waals surface area contributed by atoms with Crippen molar-refractivity contribution in [3.8, 4) is 17.3 Å². The lowest BCUT2D eigenvalue weighted by molar-refractivity contribution is -0.137. The van der Waals surface area contributed by atoms with E-state index in [0.717, 1.165) is 25.2 Å². The smallest absolute Gasteiger partial charge is 0.418 e. The molecule has 1 aromatic carbocycles. The molecule has 2 aliphatic heterocycles. The standard InChI is InChI=1S/C21H22ClF3N6O.C5H11N.C2H6/c1-11(2)32-20-28-16-10-12(18-14(21(23,24)25)3-4-17(26)29-18)15(22)9-13(16)19(30-20)31-7-5-27-6-8-31;1-6-4-2-3-5-6;1-2/h3-4,9-11,27H,5-8H2,1-2H3,(H2,26,29);2-5H2,1H3;1-2H3. The molecule has 0 amide bonds. The second kappa shape index (κ2) is 14.1. The summed E-state index contributed by atoms with van der Waals surface area (Å²) in [6.45, 7) is 13.3. The van der Waals surface area contributed by atoms with Gasteiger partial charge in [0.2, 0.25) is 0 Å². The van der Waals surface area contributed by atoms with Gasteiger partial charge in [-0.25, -0.2) is 4.98 Å². The zero-order valence-corrected chi connectivity index (χ0v) is 24.5. The topological polar surface area (TPSA) is 92.4 Å². The van der Waals surface area contributed by atoms with Gasteiger partial charge in [0, 0.05) is 37.1 Å². The minimum atomic E-state index is -4.63. The van der Waals surface area contributed by atoms with E-state index in [1.54, 1.807) is 6.07 Å². The number of nitrogen functional groups attached to an aromatic ring is 1. The molecule has 220 valence electrons. The first-order valence-corrected chi connectivity index (χ1v) is 14.1. The van der Waals surface area contributed by atoms with E-state index in [4.69, 9.17) is 22.1 Å². The Hall–Kier alpha value is -2.89. The number of ether oxygens (including phenoxy) is 1. The molecular weight excluding hydrogens is 543 g/mol. The fourth-order valence-corrected chi connectivity index (χ4v) is 4.71. The lowest BCUT2D eigenvalue weighted by Gasteiger charge is -2.29. The summed E-state index contributed by atoms with van der Waals surface area (Å²) in [7, 11) is 2.17. The van der Waals surface area contributed by atoms with Crippen LogP contribution in [0.1, 0.15) is 46.1 Å². The predicted molar refractivity (Wildman–Crippen MR) is 156 cm³/mol. The summed E-state index contributed by atoms with van der Waals surface area (Å²) in [4.78, 5) is 17.4. The van der Waals surface area contributed by atoms with E-state index in [-0.39, 0.29) is 34.2 Å². The van der Waals surface area contributed by atoms with Crippen LogP contribution in [0.3, 0.4) is 0 Å². The molecule has 2 aliphatic rings. The Bertz CT molecular complexity index is 1260. The Kier molecular flexibility index (Phi) is 11.2. The van der Waals surface area contributed by atoms with Crippen LogP contribution in [-0.4, -0.2) is 72.3 Å². The van der Waals surface area contributed by atoms with Crippen LogP contribution in [0.4, 0.5) is 24.8 Å². The second-order valence-corrected chi connectivity index (χ2v) is 10.1. The van der Waals surface area contributed by atoms with Gasteiger partial charge in [0.1, 0.15) is 11.6 Å². The number of rotatable bonds is 4. The van der Waals surface area contributed by atoms with E-state index < -0.39 is 11.7 Å². The van der Waals surface area contributed by atoms with Crippen molar-refractivity contribution in [2.24, 2.45) is 0 Å². The molecule has 12 heteroatoms. The lowest BCUT2D eigenvalue weighted by Crippen LogP contribution is -2.44. The summed E-state index contributed by atoms with van der Waals surface area (Å²) in [5.74, 6) is 0.578. The normalized spacial score (nSPS) is 15.9. The van der Waals surface area contributed by atoms with Crippen molar-refractivity contribution < 1.29 is 17.9 Å². The van der Waals surface area contributed by atoms with Gasteiger partial charge in [0.25, 0.3) is 0 Å². The zero-order valence-electron chi connectivity index (χ0n) is 23.8. The van der Waals surface area contributed by atoms with Crippen molar-refractivity contribution in [1.29, 1.82) is 0 Å². The number of nitrogens with two attached hydrogens (primary N) is 1. The van der Waals surface area contributed by atoms with E-state index in [9.17, 15) is 13.2 Å². The first-order valence-electron chi connectivity index (χ1n) is 13.7. The summed E-state index contributed by atoms with van der Waals surface area (Å²) in [6.07, 6.45) is -1.98. The van der Waals surface area contributed by atoms with Crippen molar-refractivity contribution >= 4 is 34.1 Å². The van der Waals surface area contributed by atoms with E-state index in [1.165, 1.54) is 32.0 Å². The first-order chi connectivity index (χ1) is 19.0. The van der Waals surface area contributed by atoms with Crippen LogP contribution in [-0.2, 0) is 6.18 Å². The number of piperazine rings is 1. The number of hydrogen-bond acceptors (Lipinski definition) is 8. The Labute approximate surface area is 239 Å². The Balaban J connectivity index is 0.000000481. The Morgan fingerprint density at radius 1 is 1.00 bits per heavy atom. The third-order valence-corrected chi connectivity index (χ3v) is 6.62. The lowest BCUT2D eigenvalue weighted by atomic mass is 10.0. The molecule has 0 unspecified atom stereocenters. The molecular formula is C28H39ClF3N7O. The Morgan fingerprint density at radius 3 is 2.20 bits per heavy atom. The highest BCUT2D eigenvalue weighted by Gasteiger charge is 2.35. The largest absolute Gasteiger partial charge is 0.461 e. The molecule has 0 atom stereocenters. The molecule has 8 nitrogen and oxygen atoms in total. The number of likely N-dealkylation sites (tertiary alicyclic amines) is 1. The van der Waals surface area contributed by atoms with Crippen LogP contribution in [0.2, 0.25) is 5.02 Å². The van der Waals surface area contributed by atoms with E-state index in [2.05, 4.69) is 37.1 Å². The third-order valence-electron chi connectivity index (χ3n) is 6.31. The number of alkyl halides is 3. The molecule has 0 bridgehead atoms. The van der Waals surface area contributed by atoms with Crippen molar-refractivity contribution in [3.63, 3.8) is 0 Å². The van der Waals surface area contributed by atoms with Crippen molar-refractivity contribution in [3.05, 3.63) is 34.9 Å². The number of benzene rings is 1. The number of hydrogen-bond donors (Lipinski definition) is 2. The highest BCUT2D eigenvalue weighted by Crippen LogP contribution is 2.41. The molecule has 5 rings (SSSR count). The molecule has 2 saturated heterocycles. The average molecular weight is 582 g/mol. The van der Waals surface area contributed by atoms with Crippen LogP contribution in [0, 0.1) is 0 Å². The molecule has 0 saturated carbocycles. The summed E-state index contributed by atoms with van der Waals surface area (Å²) in [5.41, 5.74) is 4.90. The first kappa shape index (κ1) is 31.6. The van der Waals surface area contributed by atoms with Crippen molar-refractivity contribution in [2.45, 2.75) is 52.8 Å². The molecule has 0 radical (unpaired) electrons. The van der Waals surface area contributed by atoms with Crippen LogP contribution in [0.25, 0.3) is 22.2 Å². The average Bonchev–Trinajstić information content (AvgIpc) is 3.40. The van der Waals surface area contributed by atoms with Gasteiger partial charge in [-0.15, -0.1) is 0 Å². The van der Waals surface area contributed by atoms with Crippen LogP contribution < -0.4 is 20.7 Å². The number of pyridine rings is 1. The minimum absolute atomic E-state index is 0.0443. The highest BCUT2D eigenvalue weighted by molar-refractivity contribution is 6.34. The van der Waals surface area contributed by atoms with E-state index in [1.807, 2.05) is 27.7 Å². The van der Waals surface area contributed by atoms with Gasteiger partial charge in [0.05, 0.1) is 27.9 Å². The molecule has 3 aromatic rings. The quantitative estimate of drug-likeness (QED) is 0.395. The number of nitrogens with one attached hydrogen (secondary N) is 1. The number of fused-ring (bicyclic) bond motifs is 1. The SMILES string of the molecule is CC.CC(C)Oc1nc(N2CCNCC2)c2cc(Cl)c(-c3nc(N)ccc3C(F)(F)F)cc2n1.CN1CCCC1. The molecule has 0 aliphatic carbocycles.